The Labute approximate surface area is 125 Å². The van der Waals surface area contributed by atoms with Crippen molar-refractivity contribution >= 4 is 17.5 Å². The van der Waals surface area contributed by atoms with Crippen LogP contribution in [0.3, 0.4) is 0 Å². The minimum Gasteiger partial charge on any atom is -0.335 e. The molecule has 1 atom stereocenters. The monoisotopic (exact) mass is 295 g/mol. The number of rotatable bonds is 4. The van der Waals surface area contributed by atoms with Gasteiger partial charge in [0, 0.05) is 18.7 Å². The summed E-state index contributed by atoms with van der Waals surface area (Å²) in [6.45, 7) is 5.36. The molecule has 5 heteroatoms. The van der Waals surface area contributed by atoms with Crippen LogP contribution in [0.25, 0.3) is 0 Å². The average Bonchev–Trinajstić information content (AvgIpc) is 2.53. The summed E-state index contributed by atoms with van der Waals surface area (Å²) < 4.78 is 0. The Bertz CT molecular complexity index is 458. The fraction of sp³-hybridized carbons (Fsp3) is 0.667. The third kappa shape index (κ3) is 4.17. The zero-order valence-corrected chi connectivity index (χ0v) is 13.0. The minimum atomic E-state index is 0.213. The normalized spacial score (nSPS) is 20.1. The Kier molecular flexibility index (Phi) is 5.35. The molecule has 20 heavy (non-hydrogen) atoms. The quantitative estimate of drug-likeness (QED) is 0.800. The van der Waals surface area contributed by atoms with E-state index in [-0.39, 0.29) is 5.91 Å². The molecule has 1 aromatic heterocycles. The lowest BCUT2D eigenvalue weighted by molar-refractivity contribution is -0.131. The van der Waals surface area contributed by atoms with Gasteiger partial charge in [0.25, 0.3) is 0 Å². The maximum absolute atomic E-state index is 12.2. The van der Waals surface area contributed by atoms with E-state index in [0.717, 1.165) is 25.1 Å². The number of aryl methyl sites for hydroxylation is 1. The summed E-state index contributed by atoms with van der Waals surface area (Å²) in [4.78, 5) is 22.6. The van der Waals surface area contributed by atoms with Gasteiger partial charge in [-0.05, 0) is 31.7 Å². The van der Waals surface area contributed by atoms with Crippen LogP contribution in [-0.4, -0.2) is 27.3 Å². The molecule has 0 bridgehead atoms. The van der Waals surface area contributed by atoms with E-state index in [9.17, 15) is 4.79 Å². The number of hydrogen-bond acceptors (Lipinski definition) is 3. The first-order valence-electron chi connectivity index (χ1n) is 7.36. The van der Waals surface area contributed by atoms with E-state index in [4.69, 9.17) is 11.6 Å². The Morgan fingerprint density at radius 3 is 2.90 bits per heavy atom. The second-order valence-electron chi connectivity index (χ2n) is 5.55. The molecule has 1 aliphatic heterocycles. The first-order chi connectivity index (χ1) is 9.58. The van der Waals surface area contributed by atoms with Crippen LogP contribution in [0.15, 0.2) is 6.07 Å². The summed E-state index contributed by atoms with van der Waals surface area (Å²) in [7, 11) is 0. The molecule has 2 heterocycles. The zero-order valence-electron chi connectivity index (χ0n) is 12.2. The number of likely N-dealkylation sites (tertiary alicyclic amines) is 1. The summed E-state index contributed by atoms with van der Waals surface area (Å²) in [5.41, 5.74) is 0.839. The second kappa shape index (κ2) is 7.02. The van der Waals surface area contributed by atoms with E-state index < -0.39 is 0 Å². The number of aromatic nitrogens is 2. The largest absolute Gasteiger partial charge is 0.335 e. The van der Waals surface area contributed by atoms with E-state index in [0.29, 0.717) is 29.9 Å². The Morgan fingerprint density at radius 1 is 1.40 bits per heavy atom. The van der Waals surface area contributed by atoms with Crippen molar-refractivity contribution in [1.82, 2.24) is 14.9 Å². The van der Waals surface area contributed by atoms with Gasteiger partial charge in [-0.25, -0.2) is 9.97 Å². The molecule has 1 aromatic rings. The van der Waals surface area contributed by atoms with Crippen LogP contribution in [0.4, 0.5) is 0 Å². The highest BCUT2D eigenvalue weighted by molar-refractivity contribution is 6.29. The smallest absolute Gasteiger partial charge is 0.222 e. The maximum atomic E-state index is 12.2. The molecule has 0 aliphatic carbocycles. The summed E-state index contributed by atoms with van der Waals surface area (Å²) in [5, 5.41) is 0.443. The van der Waals surface area contributed by atoms with Crippen molar-refractivity contribution in [1.29, 1.82) is 0 Å². The van der Waals surface area contributed by atoms with Crippen LogP contribution in [0.1, 0.15) is 50.5 Å². The zero-order chi connectivity index (χ0) is 14.5. The minimum absolute atomic E-state index is 0.213. The summed E-state index contributed by atoms with van der Waals surface area (Å²) in [6, 6.07) is 1.73. The Balaban J connectivity index is 2.02. The van der Waals surface area contributed by atoms with Gasteiger partial charge >= 0.3 is 0 Å². The SMILES string of the molecule is CCCC1CCC(=O)N(Cc2nc(C)cc(Cl)n2)CC1. The fourth-order valence-corrected chi connectivity index (χ4v) is 3.04. The van der Waals surface area contributed by atoms with Crippen molar-refractivity contribution in [2.75, 3.05) is 6.54 Å². The molecule has 1 aliphatic rings. The van der Waals surface area contributed by atoms with E-state index >= 15 is 0 Å². The van der Waals surface area contributed by atoms with Gasteiger partial charge in [0.05, 0.1) is 6.54 Å². The lowest BCUT2D eigenvalue weighted by atomic mass is 9.96. The van der Waals surface area contributed by atoms with E-state index in [1.165, 1.54) is 12.8 Å². The molecule has 1 fully saturated rings. The number of carbonyl (C=O) groups excluding carboxylic acids is 1. The van der Waals surface area contributed by atoms with Gasteiger partial charge in [-0.2, -0.15) is 0 Å². The first-order valence-corrected chi connectivity index (χ1v) is 7.74. The van der Waals surface area contributed by atoms with Gasteiger partial charge in [0.2, 0.25) is 5.91 Å². The van der Waals surface area contributed by atoms with Crippen LogP contribution < -0.4 is 0 Å². The maximum Gasteiger partial charge on any atom is 0.222 e. The predicted molar refractivity (Wildman–Crippen MR) is 79.4 cm³/mol. The molecule has 1 saturated heterocycles. The molecule has 2 rings (SSSR count). The highest BCUT2D eigenvalue weighted by atomic mass is 35.5. The second-order valence-corrected chi connectivity index (χ2v) is 5.93. The van der Waals surface area contributed by atoms with Gasteiger partial charge in [-0.15, -0.1) is 0 Å². The molecule has 1 unspecified atom stereocenters. The van der Waals surface area contributed by atoms with Gasteiger partial charge in [0.1, 0.15) is 11.0 Å². The first kappa shape index (κ1) is 15.2. The standard InChI is InChI=1S/C15H22ClN3O/c1-3-4-12-5-6-15(20)19(8-7-12)10-14-17-11(2)9-13(16)18-14/h9,12H,3-8,10H2,1-2H3. The number of halogens is 1. The molecule has 110 valence electrons. The van der Waals surface area contributed by atoms with Crippen LogP contribution in [0.5, 0.6) is 0 Å². The lowest BCUT2D eigenvalue weighted by Crippen LogP contribution is -2.30. The number of nitrogens with zero attached hydrogens (tertiary/aromatic N) is 3. The molecule has 0 aromatic carbocycles. The van der Waals surface area contributed by atoms with Gasteiger partial charge in [-0.3, -0.25) is 4.79 Å². The molecule has 1 amide bonds. The van der Waals surface area contributed by atoms with Crippen LogP contribution in [0, 0.1) is 12.8 Å². The Morgan fingerprint density at radius 2 is 2.20 bits per heavy atom. The predicted octanol–water partition coefficient (Wildman–Crippen LogP) is 3.37. The van der Waals surface area contributed by atoms with Crippen molar-refractivity contribution < 1.29 is 4.79 Å². The van der Waals surface area contributed by atoms with Crippen molar-refractivity contribution in [3.63, 3.8) is 0 Å². The van der Waals surface area contributed by atoms with Crippen LogP contribution in [-0.2, 0) is 11.3 Å². The van der Waals surface area contributed by atoms with Gasteiger partial charge in [0.15, 0.2) is 0 Å². The lowest BCUT2D eigenvalue weighted by Gasteiger charge is -2.20. The summed E-state index contributed by atoms with van der Waals surface area (Å²) in [5.74, 6) is 1.53. The van der Waals surface area contributed by atoms with Crippen LogP contribution in [0.2, 0.25) is 5.15 Å². The molecular formula is C15H22ClN3O. The third-order valence-corrected chi connectivity index (χ3v) is 4.02. The van der Waals surface area contributed by atoms with Crippen molar-refractivity contribution in [2.24, 2.45) is 5.92 Å². The van der Waals surface area contributed by atoms with Crippen molar-refractivity contribution in [2.45, 2.75) is 52.5 Å². The molecule has 4 nitrogen and oxygen atoms in total. The van der Waals surface area contributed by atoms with Crippen molar-refractivity contribution in [3.8, 4) is 0 Å². The third-order valence-electron chi connectivity index (χ3n) is 3.82. The fourth-order valence-electron chi connectivity index (χ4n) is 2.79. The number of carbonyl (C=O) groups is 1. The summed E-state index contributed by atoms with van der Waals surface area (Å²) >= 11 is 5.95. The molecular weight excluding hydrogens is 274 g/mol. The van der Waals surface area contributed by atoms with Crippen molar-refractivity contribution in [3.05, 3.63) is 22.7 Å². The summed E-state index contributed by atoms with van der Waals surface area (Å²) in [6.07, 6.45) is 5.14. The molecule has 0 radical (unpaired) electrons. The van der Waals surface area contributed by atoms with E-state index in [2.05, 4.69) is 16.9 Å². The molecule has 0 saturated carbocycles. The highest BCUT2D eigenvalue weighted by Gasteiger charge is 2.22. The molecule has 0 N–H and O–H groups in total. The molecule has 0 spiro atoms. The number of amides is 1. The number of hydrogen-bond donors (Lipinski definition) is 0. The highest BCUT2D eigenvalue weighted by Crippen LogP contribution is 2.23. The van der Waals surface area contributed by atoms with Gasteiger partial charge in [-0.1, -0.05) is 31.4 Å². The van der Waals surface area contributed by atoms with Crippen LogP contribution >= 0.6 is 11.6 Å². The van der Waals surface area contributed by atoms with Gasteiger partial charge < -0.3 is 4.90 Å². The van der Waals surface area contributed by atoms with E-state index in [1.54, 1.807) is 6.07 Å². The Hall–Kier alpha value is -1.16. The topological polar surface area (TPSA) is 46.1 Å². The van der Waals surface area contributed by atoms with E-state index in [1.807, 2.05) is 11.8 Å². The average molecular weight is 296 g/mol.